The Kier molecular flexibility index (Phi) is 6.99. The van der Waals surface area contributed by atoms with Crippen LogP contribution in [0, 0.1) is 12.8 Å². The van der Waals surface area contributed by atoms with Crippen molar-refractivity contribution in [2.75, 3.05) is 44.1 Å². The zero-order valence-electron chi connectivity index (χ0n) is 21.9. The zero-order chi connectivity index (χ0) is 25.9. The Labute approximate surface area is 217 Å². The van der Waals surface area contributed by atoms with Gasteiger partial charge in [-0.3, -0.25) is 4.79 Å². The van der Waals surface area contributed by atoms with Gasteiger partial charge in [0.1, 0.15) is 11.6 Å². The van der Waals surface area contributed by atoms with E-state index in [1.54, 1.807) is 7.11 Å². The molecule has 1 aliphatic heterocycles. The summed E-state index contributed by atoms with van der Waals surface area (Å²) in [7, 11) is 5.71. The van der Waals surface area contributed by atoms with Gasteiger partial charge in [-0.05, 0) is 61.7 Å². The number of carbonyl (C=O) groups is 1. The molecule has 4 aromatic rings. The lowest BCUT2D eigenvalue weighted by molar-refractivity contribution is -0.125. The molecule has 1 N–H and O–H groups in total. The van der Waals surface area contributed by atoms with Gasteiger partial charge in [0, 0.05) is 68.7 Å². The number of anilines is 2. The van der Waals surface area contributed by atoms with Crippen LogP contribution in [0.4, 0.5) is 11.5 Å². The first kappa shape index (κ1) is 24.6. The minimum Gasteiger partial charge on any atom is -0.497 e. The number of nitrogens with zero attached hydrogens (tertiary/aromatic N) is 5. The zero-order valence-corrected chi connectivity index (χ0v) is 21.9. The molecule has 3 heterocycles. The van der Waals surface area contributed by atoms with Gasteiger partial charge in [-0.25, -0.2) is 4.98 Å². The lowest BCUT2D eigenvalue weighted by Crippen LogP contribution is -2.41. The van der Waals surface area contributed by atoms with E-state index in [-0.39, 0.29) is 11.8 Å². The summed E-state index contributed by atoms with van der Waals surface area (Å²) in [6, 6.07) is 20.3. The SMILES string of the molecule is COc1ccc(-c2cc3nc(C)cc(N4CCC(C(=O)NCc5ccc(N(C)C)cc5)CC4)n3n2)cc1. The third kappa shape index (κ3) is 5.38. The third-order valence-corrected chi connectivity index (χ3v) is 7.03. The summed E-state index contributed by atoms with van der Waals surface area (Å²) in [6.07, 6.45) is 1.61. The summed E-state index contributed by atoms with van der Waals surface area (Å²) in [5.74, 6) is 1.98. The van der Waals surface area contributed by atoms with Crippen molar-refractivity contribution < 1.29 is 9.53 Å². The van der Waals surface area contributed by atoms with Crippen molar-refractivity contribution in [3.63, 3.8) is 0 Å². The molecule has 5 rings (SSSR count). The second kappa shape index (κ2) is 10.5. The van der Waals surface area contributed by atoms with Crippen molar-refractivity contribution in [2.45, 2.75) is 26.3 Å². The molecule has 1 fully saturated rings. The summed E-state index contributed by atoms with van der Waals surface area (Å²) in [5, 5.41) is 8.01. The largest absolute Gasteiger partial charge is 0.497 e. The lowest BCUT2D eigenvalue weighted by atomic mass is 9.95. The van der Waals surface area contributed by atoms with Crippen LogP contribution in [-0.2, 0) is 11.3 Å². The number of amides is 1. The van der Waals surface area contributed by atoms with Crippen molar-refractivity contribution in [3.05, 3.63) is 71.9 Å². The summed E-state index contributed by atoms with van der Waals surface area (Å²) in [5.41, 5.74) is 5.91. The summed E-state index contributed by atoms with van der Waals surface area (Å²) in [4.78, 5) is 22.0. The average Bonchev–Trinajstić information content (AvgIpc) is 3.35. The van der Waals surface area contributed by atoms with E-state index in [0.717, 1.165) is 71.3 Å². The van der Waals surface area contributed by atoms with Crippen LogP contribution < -0.4 is 19.9 Å². The fourth-order valence-electron chi connectivity index (χ4n) is 4.82. The first-order valence-corrected chi connectivity index (χ1v) is 12.7. The van der Waals surface area contributed by atoms with Crippen LogP contribution >= 0.6 is 0 Å². The molecular formula is C29H34N6O2. The average molecular weight is 499 g/mol. The van der Waals surface area contributed by atoms with Gasteiger partial charge in [-0.15, -0.1) is 0 Å². The van der Waals surface area contributed by atoms with Gasteiger partial charge in [-0.2, -0.15) is 9.61 Å². The van der Waals surface area contributed by atoms with E-state index in [2.05, 4.69) is 45.4 Å². The minimum absolute atomic E-state index is 0.0169. The monoisotopic (exact) mass is 498 g/mol. The lowest BCUT2D eigenvalue weighted by Gasteiger charge is -2.33. The quantitative estimate of drug-likeness (QED) is 0.409. The van der Waals surface area contributed by atoms with E-state index < -0.39 is 0 Å². The normalized spacial score (nSPS) is 14.1. The Bertz CT molecular complexity index is 1370. The standard InChI is InChI=1S/C29H34N6O2/c1-20-17-28(35-27(31-20)18-26(32-35)22-7-11-25(37-4)12-8-22)34-15-13-23(14-16-34)29(36)30-19-21-5-9-24(10-6-21)33(2)3/h5-12,17-18,23H,13-16,19H2,1-4H3,(H,30,36). The number of nitrogens with one attached hydrogen (secondary N) is 1. The first-order valence-electron chi connectivity index (χ1n) is 12.7. The topological polar surface area (TPSA) is 75.0 Å². The number of aromatic nitrogens is 3. The fourth-order valence-corrected chi connectivity index (χ4v) is 4.82. The molecule has 37 heavy (non-hydrogen) atoms. The molecule has 0 atom stereocenters. The molecule has 1 amide bonds. The van der Waals surface area contributed by atoms with E-state index in [1.807, 2.05) is 55.9 Å². The first-order chi connectivity index (χ1) is 17.9. The van der Waals surface area contributed by atoms with Crippen LogP contribution in [0.25, 0.3) is 16.9 Å². The molecule has 0 aliphatic carbocycles. The Morgan fingerprint density at radius 3 is 2.41 bits per heavy atom. The number of rotatable bonds is 7. The fraction of sp³-hybridized carbons (Fsp3) is 0.345. The maximum atomic E-state index is 12.9. The third-order valence-electron chi connectivity index (χ3n) is 7.03. The van der Waals surface area contributed by atoms with Crippen molar-refractivity contribution in [1.82, 2.24) is 19.9 Å². The second-order valence-electron chi connectivity index (χ2n) is 9.82. The van der Waals surface area contributed by atoms with Gasteiger partial charge in [0.05, 0.1) is 12.8 Å². The molecule has 8 heteroatoms. The molecule has 0 spiro atoms. The van der Waals surface area contributed by atoms with Crippen molar-refractivity contribution in [3.8, 4) is 17.0 Å². The van der Waals surface area contributed by atoms with Gasteiger partial charge in [0.25, 0.3) is 0 Å². The number of hydrogen-bond acceptors (Lipinski definition) is 6. The number of hydrogen-bond donors (Lipinski definition) is 1. The molecule has 192 valence electrons. The number of ether oxygens (including phenoxy) is 1. The molecule has 0 radical (unpaired) electrons. The van der Waals surface area contributed by atoms with Crippen LogP contribution in [-0.4, -0.2) is 54.8 Å². The number of methoxy groups -OCH3 is 1. The van der Waals surface area contributed by atoms with Gasteiger partial charge in [-0.1, -0.05) is 12.1 Å². The van der Waals surface area contributed by atoms with Gasteiger partial charge in [0.15, 0.2) is 5.65 Å². The molecule has 8 nitrogen and oxygen atoms in total. The van der Waals surface area contributed by atoms with Crippen LogP contribution in [0.2, 0.25) is 0 Å². The maximum absolute atomic E-state index is 12.9. The molecule has 2 aromatic carbocycles. The van der Waals surface area contributed by atoms with E-state index in [0.29, 0.717) is 6.54 Å². The van der Waals surface area contributed by atoms with Crippen molar-refractivity contribution in [2.24, 2.45) is 5.92 Å². The minimum atomic E-state index is 0.0169. The molecule has 2 aromatic heterocycles. The molecule has 0 saturated carbocycles. The van der Waals surface area contributed by atoms with E-state index in [1.165, 1.54) is 0 Å². The summed E-state index contributed by atoms with van der Waals surface area (Å²) < 4.78 is 7.20. The van der Waals surface area contributed by atoms with E-state index in [4.69, 9.17) is 14.8 Å². The Hall–Kier alpha value is -4.07. The van der Waals surface area contributed by atoms with Crippen LogP contribution in [0.1, 0.15) is 24.1 Å². The summed E-state index contributed by atoms with van der Waals surface area (Å²) in [6.45, 7) is 4.16. The number of fused-ring (bicyclic) bond motifs is 1. The highest BCUT2D eigenvalue weighted by molar-refractivity contribution is 5.79. The van der Waals surface area contributed by atoms with Gasteiger partial charge < -0.3 is 19.9 Å². The van der Waals surface area contributed by atoms with Crippen molar-refractivity contribution in [1.29, 1.82) is 0 Å². The Morgan fingerprint density at radius 1 is 1.05 bits per heavy atom. The molecular weight excluding hydrogens is 464 g/mol. The van der Waals surface area contributed by atoms with E-state index in [9.17, 15) is 4.79 Å². The van der Waals surface area contributed by atoms with Gasteiger partial charge >= 0.3 is 0 Å². The van der Waals surface area contributed by atoms with E-state index >= 15 is 0 Å². The van der Waals surface area contributed by atoms with Crippen LogP contribution in [0.5, 0.6) is 5.75 Å². The molecule has 0 unspecified atom stereocenters. The van der Waals surface area contributed by atoms with Crippen LogP contribution in [0.3, 0.4) is 0 Å². The highest BCUT2D eigenvalue weighted by Gasteiger charge is 2.26. The summed E-state index contributed by atoms with van der Waals surface area (Å²) >= 11 is 0. The highest BCUT2D eigenvalue weighted by Crippen LogP contribution is 2.28. The van der Waals surface area contributed by atoms with Crippen molar-refractivity contribution >= 4 is 23.1 Å². The number of piperidine rings is 1. The second-order valence-corrected chi connectivity index (χ2v) is 9.82. The Balaban J connectivity index is 1.24. The highest BCUT2D eigenvalue weighted by atomic mass is 16.5. The number of aryl methyl sites for hydroxylation is 1. The smallest absolute Gasteiger partial charge is 0.223 e. The Morgan fingerprint density at radius 2 is 1.76 bits per heavy atom. The van der Waals surface area contributed by atoms with Crippen LogP contribution in [0.15, 0.2) is 60.7 Å². The number of carbonyl (C=O) groups excluding carboxylic acids is 1. The molecule has 1 aliphatic rings. The predicted molar refractivity (Wildman–Crippen MR) is 147 cm³/mol. The molecule has 1 saturated heterocycles. The maximum Gasteiger partial charge on any atom is 0.223 e. The predicted octanol–water partition coefficient (Wildman–Crippen LogP) is 4.31. The van der Waals surface area contributed by atoms with Gasteiger partial charge in [0.2, 0.25) is 5.91 Å². The molecule has 0 bridgehead atoms. The number of benzene rings is 2.